The van der Waals surface area contributed by atoms with E-state index < -0.39 is 0 Å². The molecule has 0 saturated heterocycles. The molecular weight excluding hydrogens is 360 g/mol. The van der Waals surface area contributed by atoms with Gasteiger partial charge in [0.15, 0.2) is 4.47 Å². The predicted molar refractivity (Wildman–Crippen MR) is 90.9 cm³/mol. The molecule has 0 spiro atoms. The maximum atomic E-state index is 13.0. The van der Waals surface area contributed by atoms with Gasteiger partial charge in [-0.25, -0.2) is 14.0 Å². The van der Waals surface area contributed by atoms with Crippen LogP contribution >= 0.6 is 22.9 Å². The molecule has 0 N–H and O–H groups in total. The lowest BCUT2D eigenvalue weighted by Gasteiger charge is -2.04. The van der Waals surface area contributed by atoms with Crippen LogP contribution in [0.4, 0.5) is 0 Å². The lowest BCUT2D eigenvalue weighted by molar-refractivity contribution is -0.582. The summed E-state index contributed by atoms with van der Waals surface area (Å²) in [6, 6.07) is 8.57. The Morgan fingerprint density at radius 3 is 2.80 bits per heavy atom. The summed E-state index contributed by atoms with van der Waals surface area (Å²) in [6.45, 7) is 0.340. The molecular formula is C17H11ClN4O2S. The highest BCUT2D eigenvalue weighted by molar-refractivity contribution is 7.15. The maximum Gasteiger partial charge on any atom is 0.286 e. The van der Waals surface area contributed by atoms with E-state index in [1.807, 2.05) is 6.07 Å². The van der Waals surface area contributed by atoms with Gasteiger partial charge in [-0.15, -0.1) is 11.3 Å². The fourth-order valence-corrected chi connectivity index (χ4v) is 3.67. The van der Waals surface area contributed by atoms with Gasteiger partial charge in [0.25, 0.3) is 5.65 Å². The Bertz CT molecular complexity index is 1070. The van der Waals surface area contributed by atoms with Gasteiger partial charge >= 0.3 is 0 Å². The van der Waals surface area contributed by atoms with Crippen molar-refractivity contribution in [1.29, 1.82) is 0 Å². The average molecular weight is 371 g/mol. The molecule has 4 aromatic rings. The van der Waals surface area contributed by atoms with Crippen molar-refractivity contribution >= 4 is 34.4 Å². The summed E-state index contributed by atoms with van der Waals surface area (Å²) in [5.74, 6) is -0.695. The van der Waals surface area contributed by atoms with Crippen LogP contribution in [0.15, 0.2) is 55.1 Å². The minimum atomic E-state index is -0.354. The molecule has 0 atom stereocenters. The Balaban J connectivity index is 1.91. The van der Waals surface area contributed by atoms with E-state index >= 15 is 0 Å². The quantitative estimate of drug-likeness (QED) is 0.407. The van der Waals surface area contributed by atoms with Gasteiger partial charge in [-0.05, 0) is 18.2 Å². The monoisotopic (exact) mass is 370 g/mol. The third-order valence-electron chi connectivity index (χ3n) is 3.80. The van der Waals surface area contributed by atoms with E-state index in [1.54, 1.807) is 41.2 Å². The number of aromatic nitrogens is 4. The molecule has 8 heteroatoms. The second kappa shape index (κ2) is 6.27. The fourth-order valence-electron chi connectivity index (χ4n) is 2.70. The summed E-state index contributed by atoms with van der Waals surface area (Å²) in [6.07, 6.45) is 6.36. The molecule has 0 aliphatic heterocycles. The van der Waals surface area contributed by atoms with Crippen LogP contribution in [-0.4, -0.2) is 20.3 Å². The van der Waals surface area contributed by atoms with E-state index in [4.69, 9.17) is 11.6 Å². The van der Waals surface area contributed by atoms with E-state index in [-0.39, 0.29) is 17.4 Å². The van der Waals surface area contributed by atoms with Gasteiger partial charge in [0, 0.05) is 30.2 Å². The fraction of sp³-hybridized carbons (Fsp3) is 0.0588. The zero-order valence-electron chi connectivity index (χ0n) is 12.8. The number of hydrogen-bond acceptors (Lipinski definition) is 5. The number of carbonyl (C=O) groups is 1. The van der Waals surface area contributed by atoms with Crippen molar-refractivity contribution < 1.29 is 14.3 Å². The summed E-state index contributed by atoms with van der Waals surface area (Å²) in [5.41, 5.74) is 1.15. The van der Waals surface area contributed by atoms with Gasteiger partial charge in [0.05, 0.1) is 11.1 Å². The van der Waals surface area contributed by atoms with Crippen LogP contribution in [0.5, 0.6) is 5.88 Å². The Morgan fingerprint density at radius 2 is 2.08 bits per heavy atom. The van der Waals surface area contributed by atoms with Crippen LogP contribution in [0.3, 0.4) is 0 Å². The van der Waals surface area contributed by atoms with Crippen molar-refractivity contribution in [1.82, 2.24) is 14.5 Å². The standard InChI is InChI=1S/C17H11ClN4O2S/c18-17-20-9-12(25-17)10-22-13-3-1-2-8-21(13)16(24)14(22)15(23)11-4-6-19-7-5-11/h1-9H,10H2. The van der Waals surface area contributed by atoms with Gasteiger partial charge in [-0.3, -0.25) is 9.78 Å². The summed E-state index contributed by atoms with van der Waals surface area (Å²) in [5, 5.41) is 12.8. The van der Waals surface area contributed by atoms with Gasteiger partial charge < -0.3 is 5.11 Å². The molecule has 4 rings (SSSR count). The van der Waals surface area contributed by atoms with Gasteiger partial charge in [0.1, 0.15) is 12.4 Å². The first-order valence-electron chi connectivity index (χ1n) is 7.40. The molecule has 6 nitrogen and oxygen atoms in total. The lowest BCUT2D eigenvalue weighted by atomic mass is 10.1. The van der Waals surface area contributed by atoms with Crippen LogP contribution in [-0.2, 0) is 6.54 Å². The van der Waals surface area contributed by atoms with Crippen LogP contribution in [0, 0.1) is 0 Å². The molecule has 0 bridgehead atoms. The number of fused-ring (bicyclic) bond motifs is 1. The zero-order valence-corrected chi connectivity index (χ0v) is 14.4. The summed E-state index contributed by atoms with van der Waals surface area (Å²) >= 11 is 7.22. The van der Waals surface area contributed by atoms with E-state index in [2.05, 4.69) is 9.97 Å². The van der Waals surface area contributed by atoms with Crippen LogP contribution < -0.4 is 9.51 Å². The number of hydrogen-bond donors (Lipinski definition) is 0. The summed E-state index contributed by atoms with van der Waals surface area (Å²) in [7, 11) is 0. The van der Waals surface area contributed by atoms with Gasteiger partial charge in [0.2, 0.25) is 11.5 Å². The normalized spacial score (nSPS) is 11.1. The van der Waals surface area contributed by atoms with Gasteiger partial charge in [-0.2, -0.15) is 0 Å². The highest BCUT2D eigenvalue weighted by Gasteiger charge is 2.27. The Hall–Kier alpha value is -2.77. The van der Waals surface area contributed by atoms with Crippen molar-refractivity contribution in [3.05, 3.63) is 75.7 Å². The molecule has 0 fully saturated rings. The first-order chi connectivity index (χ1) is 12.1. The Morgan fingerprint density at radius 1 is 1.28 bits per heavy atom. The number of pyridine rings is 2. The molecule has 0 unspecified atom stereocenters. The van der Waals surface area contributed by atoms with E-state index in [0.717, 1.165) is 4.88 Å². The largest absolute Gasteiger partial charge is 0.839 e. The number of halogens is 1. The first kappa shape index (κ1) is 15.7. The Kier molecular flexibility index (Phi) is 3.95. The molecule has 0 aliphatic rings. The first-order valence-corrected chi connectivity index (χ1v) is 8.59. The SMILES string of the molecule is O=C(c1ccncc1)c1c([O-])[n+]2ccccc2n1Cc1cnc(Cl)s1. The van der Waals surface area contributed by atoms with Crippen molar-refractivity contribution in [3.63, 3.8) is 0 Å². The maximum absolute atomic E-state index is 13.0. The van der Waals surface area contributed by atoms with E-state index in [9.17, 15) is 9.90 Å². The number of thiazole rings is 1. The molecule has 25 heavy (non-hydrogen) atoms. The number of carbonyl (C=O) groups excluding carboxylic acids is 1. The number of ketones is 1. The van der Waals surface area contributed by atoms with Crippen molar-refractivity contribution in [2.45, 2.75) is 6.54 Å². The van der Waals surface area contributed by atoms with Crippen LogP contribution in [0.25, 0.3) is 5.65 Å². The molecule has 0 aliphatic carbocycles. The molecule has 124 valence electrons. The van der Waals surface area contributed by atoms with E-state index in [0.29, 0.717) is 22.2 Å². The summed E-state index contributed by atoms with van der Waals surface area (Å²) in [4.78, 5) is 21.8. The highest BCUT2D eigenvalue weighted by atomic mass is 35.5. The minimum absolute atomic E-state index is 0.0990. The third kappa shape index (κ3) is 2.77. The van der Waals surface area contributed by atoms with E-state index in [1.165, 1.54) is 28.1 Å². The second-order valence-corrected chi connectivity index (χ2v) is 7.01. The average Bonchev–Trinajstić information content (AvgIpc) is 3.17. The molecule has 0 aromatic carbocycles. The zero-order chi connectivity index (χ0) is 17.4. The molecule has 0 amide bonds. The highest BCUT2D eigenvalue weighted by Crippen LogP contribution is 2.24. The number of nitrogens with zero attached hydrogens (tertiary/aromatic N) is 4. The lowest BCUT2D eigenvalue weighted by Crippen LogP contribution is -2.24. The predicted octanol–water partition coefficient (Wildman–Crippen LogP) is 2.08. The minimum Gasteiger partial charge on any atom is -0.839 e. The smallest absolute Gasteiger partial charge is 0.286 e. The van der Waals surface area contributed by atoms with Crippen molar-refractivity contribution in [2.24, 2.45) is 0 Å². The number of rotatable bonds is 4. The second-order valence-electron chi connectivity index (χ2n) is 5.31. The van der Waals surface area contributed by atoms with Crippen LogP contribution in [0.1, 0.15) is 20.9 Å². The molecule has 0 saturated carbocycles. The topological polar surface area (TPSA) is 74.9 Å². The van der Waals surface area contributed by atoms with Crippen molar-refractivity contribution in [2.75, 3.05) is 0 Å². The van der Waals surface area contributed by atoms with Gasteiger partial charge in [-0.1, -0.05) is 17.7 Å². The molecule has 4 aromatic heterocycles. The molecule has 4 heterocycles. The van der Waals surface area contributed by atoms with Crippen LogP contribution in [0.2, 0.25) is 4.47 Å². The molecule has 0 radical (unpaired) electrons. The number of imidazole rings is 1. The third-order valence-corrected chi connectivity index (χ3v) is 4.90. The van der Waals surface area contributed by atoms with Crippen molar-refractivity contribution in [3.8, 4) is 5.88 Å². The Labute approximate surface area is 151 Å². The summed E-state index contributed by atoms with van der Waals surface area (Å²) < 4.78 is 3.59.